The lowest BCUT2D eigenvalue weighted by molar-refractivity contribution is 0.235. The van der Waals surface area contributed by atoms with Crippen molar-refractivity contribution in [2.24, 2.45) is 0 Å². The van der Waals surface area contributed by atoms with Crippen LogP contribution in [0.25, 0.3) is 10.2 Å². The van der Waals surface area contributed by atoms with Gasteiger partial charge in [0.15, 0.2) is 0 Å². The number of aromatic nitrogens is 1. The summed E-state index contributed by atoms with van der Waals surface area (Å²) in [7, 11) is 3.43. The van der Waals surface area contributed by atoms with Crippen LogP contribution in [0, 0.1) is 0 Å². The molecule has 5 nitrogen and oxygen atoms in total. The van der Waals surface area contributed by atoms with Gasteiger partial charge in [-0.1, -0.05) is 12.1 Å². The minimum Gasteiger partial charge on any atom is -0.497 e. The predicted molar refractivity (Wildman–Crippen MR) is 110 cm³/mol. The number of methoxy groups -OCH3 is 2. The normalized spacial score (nSPS) is 16.8. The van der Waals surface area contributed by atoms with Gasteiger partial charge in [0, 0.05) is 25.2 Å². The Labute approximate surface area is 163 Å². The molecule has 3 aromatic rings. The summed E-state index contributed by atoms with van der Waals surface area (Å²) in [6.07, 6.45) is 1.12. The number of hydrogen-bond donors (Lipinski definition) is 1. The van der Waals surface area contributed by atoms with Gasteiger partial charge in [-0.05, 0) is 43.3 Å². The molecule has 2 heterocycles. The quantitative estimate of drug-likeness (QED) is 0.728. The molecule has 142 valence electrons. The van der Waals surface area contributed by atoms with Gasteiger partial charge < -0.3 is 14.8 Å². The number of hydrogen-bond acceptors (Lipinski definition) is 6. The highest BCUT2D eigenvalue weighted by Crippen LogP contribution is 2.40. The molecule has 1 atom stereocenters. The van der Waals surface area contributed by atoms with Crippen molar-refractivity contribution in [1.82, 2.24) is 15.2 Å². The Kier molecular flexibility index (Phi) is 5.57. The van der Waals surface area contributed by atoms with E-state index < -0.39 is 0 Å². The maximum atomic E-state index is 5.72. The van der Waals surface area contributed by atoms with Gasteiger partial charge in [0.05, 0.1) is 30.5 Å². The van der Waals surface area contributed by atoms with Crippen LogP contribution in [-0.4, -0.2) is 50.3 Å². The van der Waals surface area contributed by atoms with Gasteiger partial charge in [-0.3, -0.25) is 4.90 Å². The van der Waals surface area contributed by atoms with Crippen LogP contribution in [0.5, 0.6) is 11.5 Å². The first kappa shape index (κ1) is 18.2. The molecule has 0 amide bonds. The average molecular weight is 384 g/mol. The Morgan fingerprint density at radius 1 is 1.07 bits per heavy atom. The van der Waals surface area contributed by atoms with Crippen LogP contribution in [0.1, 0.15) is 23.0 Å². The third-order valence-corrected chi connectivity index (χ3v) is 6.10. The predicted octanol–water partition coefficient (Wildman–Crippen LogP) is 3.70. The molecular formula is C21H25N3O2S. The number of fused-ring (bicyclic) bond motifs is 1. The topological polar surface area (TPSA) is 46.6 Å². The molecular weight excluding hydrogens is 358 g/mol. The number of nitrogens with zero attached hydrogens (tertiary/aromatic N) is 2. The van der Waals surface area contributed by atoms with E-state index in [0.29, 0.717) is 0 Å². The molecule has 27 heavy (non-hydrogen) atoms. The molecule has 1 unspecified atom stereocenters. The summed E-state index contributed by atoms with van der Waals surface area (Å²) in [6, 6.07) is 14.4. The highest BCUT2D eigenvalue weighted by atomic mass is 32.1. The summed E-state index contributed by atoms with van der Waals surface area (Å²) in [5, 5.41) is 4.60. The van der Waals surface area contributed by atoms with Crippen molar-refractivity contribution in [2.75, 3.05) is 40.4 Å². The molecule has 6 heteroatoms. The van der Waals surface area contributed by atoms with E-state index in [1.807, 2.05) is 18.2 Å². The largest absolute Gasteiger partial charge is 0.497 e. The zero-order valence-corrected chi connectivity index (χ0v) is 16.6. The minimum atomic E-state index is 0.0485. The second kappa shape index (κ2) is 8.25. The van der Waals surface area contributed by atoms with E-state index in [1.165, 1.54) is 4.70 Å². The Morgan fingerprint density at radius 2 is 1.96 bits per heavy atom. The lowest BCUT2D eigenvalue weighted by Gasteiger charge is -2.30. The van der Waals surface area contributed by atoms with Gasteiger partial charge in [-0.15, -0.1) is 11.3 Å². The van der Waals surface area contributed by atoms with Crippen molar-refractivity contribution in [3.8, 4) is 11.5 Å². The highest BCUT2D eigenvalue weighted by Gasteiger charge is 2.29. The van der Waals surface area contributed by atoms with E-state index >= 15 is 0 Å². The molecule has 2 aromatic carbocycles. The molecule has 1 fully saturated rings. The van der Waals surface area contributed by atoms with Crippen molar-refractivity contribution in [2.45, 2.75) is 12.5 Å². The molecule has 1 aliphatic rings. The van der Waals surface area contributed by atoms with Crippen molar-refractivity contribution < 1.29 is 9.47 Å². The molecule has 1 aromatic heterocycles. The Balaban J connectivity index is 1.85. The zero-order valence-electron chi connectivity index (χ0n) is 15.8. The summed E-state index contributed by atoms with van der Waals surface area (Å²) in [5.41, 5.74) is 2.16. The van der Waals surface area contributed by atoms with Crippen LogP contribution >= 0.6 is 11.3 Å². The van der Waals surface area contributed by atoms with E-state index in [2.05, 4.69) is 34.5 Å². The Morgan fingerprint density at radius 3 is 2.78 bits per heavy atom. The van der Waals surface area contributed by atoms with Crippen molar-refractivity contribution in [1.29, 1.82) is 0 Å². The van der Waals surface area contributed by atoms with Crippen LogP contribution in [0.15, 0.2) is 42.5 Å². The smallest absolute Gasteiger partial charge is 0.124 e. The zero-order chi connectivity index (χ0) is 18.6. The standard InChI is InChI=1S/C21H25N3O2S/c1-25-15-8-9-18(26-2)16(14-15)20(24-12-5-10-22-11-13-24)21-23-17-6-3-4-7-19(17)27-21/h3-4,6-9,14,20,22H,5,10-13H2,1-2H3. The SMILES string of the molecule is COc1ccc(OC)c(C(c2nc3ccccc3s2)N2CCCNCC2)c1. The summed E-state index contributed by atoms with van der Waals surface area (Å²) < 4.78 is 12.4. The number of para-hydroxylation sites is 1. The van der Waals surface area contributed by atoms with Gasteiger partial charge in [0.25, 0.3) is 0 Å². The van der Waals surface area contributed by atoms with E-state index in [1.54, 1.807) is 25.6 Å². The van der Waals surface area contributed by atoms with E-state index in [-0.39, 0.29) is 6.04 Å². The molecule has 0 bridgehead atoms. The van der Waals surface area contributed by atoms with E-state index in [0.717, 1.165) is 60.2 Å². The summed E-state index contributed by atoms with van der Waals surface area (Å²) in [4.78, 5) is 7.50. The number of ether oxygens (including phenoxy) is 2. The molecule has 1 aliphatic heterocycles. The first-order chi connectivity index (χ1) is 13.3. The van der Waals surface area contributed by atoms with E-state index in [4.69, 9.17) is 14.5 Å². The average Bonchev–Trinajstić information content (AvgIpc) is 2.95. The first-order valence-corrected chi connectivity index (χ1v) is 10.1. The summed E-state index contributed by atoms with van der Waals surface area (Å²) >= 11 is 1.76. The van der Waals surface area contributed by atoms with Crippen molar-refractivity contribution in [3.05, 3.63) is 53.0 Å². The van der Waals surface area contributed by atoms with Crippen LogP contribution in [0.3, 0.4) is 0 Å². The van der Waals surface area contributed by atoms with Gasteiger partial charge in [-0.2, -0.15) is 0 Å². The fraction of sp³-hybridized carbons (Fsp3) is 0.381. The number of rotatable bonds is 5. The fourth-order valence-electron chi connectivity index (χ4n) is 3.67. The molecule has 0 spiro atoms. The van der Waals surface area contributed by atoms with Gasteiger partial charge >= 0.3 is 0 Å². The van der Waals surface area contributed by atoms with Crippen LogP contribution in [0.4, 0.5) is 0 Å². The lowest BCUT2D eigenvalue weighted by Crippen LogP contribution is -2.33. The van der Waals surface area contributed by atoms with Crippen molar-refractivity contribution in [3.63, 3.8) is 0 Å². The first-order valence-electron chi connectivity index (χ1n) is 9.32. The lowest BCUT2D eigenvalue weighted by atomic mass is 10.0. The Hall–Kier alpha value is -2.15. The Bertz CT molecular complexity index is 870. The second-order valence-corrected chi connectivity index (χ2v) is 7.73. The maximum absolute atomic E-state index is 5.72. The van der Waals surface area contributed by atoms with Gasteiger partial charge in [0.1, 0.15) is 16.5 Å². The van der Waals surface area contributed by atoms with Crippen LogP contribution < -0.4 is 14.8 Å². The van der Waals surface area contributed by atoms with Crippen LogP contribution in [0.2, 0.25) is 0 Å². The summed E-state index contributed by atoms with van der Waals surface area (Å²) in [6.45, 7) is 4.03. The number of benzene rings is 2. The molecule has 0 aliphatic carbocycles. The molecule has 1 saturated heterocycles. The molecule has 4 rings (SSSR count). The minimum absolute atomic E-state index is 0.0485. The highest BCUT2D eigenvalue weighted by molar-refractivity contribution is 7.18. The number of thiazole rings is 1. The van der Waals surface area contributed by atoms with Gasteiger partial charge in [-0.25, -0.2) is 4.98 Å². The second-order valence-electron chi connectivity index (χ2n) is 6.67. The third-order valence-electron chi connectivity index (χ3n) is 5.02. The van der Waals surface area contributed by atoms with Crippen molar-refractivity contribution >= 4 is 21.6 Å². The number of nitrogens with one attached hydrogen (secondary N) is 1. The summed E-state index contributed by atoms with van der Waals surface area (Å²) in [5.74, 6) is 1.71. The monoisotopic (exact) mass is 383 g/mol. The fourth-order valence-corrected chi connectivity index (χ4v) is 4.79. The van der Waals surface area contributed by atoms with E-state index in [9.17, 15) is 0 Å². The third kappa shape index (κ3) is 3.78. The van der Waals surface area contributed by atoms with Gasteiger partial charge in [0.2, 0.25) is 0 Å². The van der Waals surface area contributed by atoms with Crippen LogP contribution in [-0.2, 0) is 0 Å². The maximum Gasteiger partial charge on any atom is 0.124 e. The molecule has 0 radical (unpaired) electrons. The molecule has 1 N–H and O–H groups in total. The molecule has 0 saturated carbocycles.